The lowest BCUT2D eigenvalue weighted by molar-refractivity contribution is 0.0519. The van der Waals surface area contributed by atoms with Crippen molar-refractivity contribution in [2.24, 2.45) is 0 Å². The first-order chi connectivity index (χ1) is 11.0. The fourth-order valence-corrected chi connectivity index (χ4v) is 2.88. The Bertz CT molecular complexity index is 722. The minimum atomic E-state index is -0.471. The van der Waals surface area contributed by atoms with Crippen LogP contribution in [0, 0.1) is 13.8 Å². The average Bonchev–Trinajstić information content (AvgIpc) is 3.09. The van der Waals surface area contributed by atoms with Crippen molar-refractivity contribution in [3.8, 4) is 0 Å². The average molecular weight is 338 g/mol. The van der Waals surface area contributed by atoms with Crippen molar-refractivity contribution < 1.29 is 19.4 Å². The van der Waals surface area contributed by atoms with Crippen LogP contribution < -0.4 is 0 Å². The number of thioether (sulfide) groups is 1. The van der Waals surface area contributed by atoms with Crippen LogP contribution >= 0.6 is 11.8 Å². The van der Waals surface area contributed by atoms with Crippen LogP contribution in [-0.4, -0.2) is 49.4 Å². The summed E-state index contributed by atoms with van der Waals surface area (Å²) in [7, 11) is 0. The maximum absolute atomic E-state index is 12.4. The summed E-state index contributed by atoms with van der Waals surface area (Å²) >= 11 is 1.16. The van der Waals surface area contributed by atoms with E-state index in [0.29, 0.717) is 33.5 Å². The van der Waals surface area contributed by atoms with E-state index in [4.69, 9.17) is 9.84 Å². The summed E-state index contributed by atoms with van der Waals surface area (Å²) in [6.45, 7) is 5.21. The van der Waals surface area contributed by atoms with Gasteiger partial charge in [-0.3, -0.25) is 9.89 Å². The normalized spacial score (nSPS) is 10.8. The molecule has 0 fully saturated rings. The molecule has 0 bridgehead atoms. The molecule has 0 saturated carbocycles. The molecule has 0 saturated heterocycles. The number of nitrogens with zero attached hydrogens (tertiary/aromatic N) is 2. The first-order valence-corrected chi connectivity index (χ1v) is 8.00. The summed E-state index contributed by atoms with van der Waals surface area (Å²) in [5.41, 5.74) is 2.00. The fourth-order valence-electron chi connectivity index (χ4n) is 2.19. The second-order valence-corrected chi connectivity index (χ2v) is 5.72. The largest absolute Gasteiger partial charge is 0.461 e. The van der Waals surface area contributed by atoms with E-state index in [9.17, 15) is 9.59 Å². The van der Waals surface area contributed by atoms with Gasteiger partial charge in [-0.1, -0.05) is 11.8 Å². The SMILES string of the molecule is CCOC(=O)c1[nH]c(C)c(C(=O)CSc2n[nH]c(CO)n2)c1C. The van der Waals surface area contributed by atoms with Crippen LogP contribution in [0.3, 0.4) is 0 Å². The molecule has 2 rings (SSSR count). The lowest BCUT2D eigenvalue weighted by atomic mass is 10.1. The minimum absolute atomic E-state index is 0.129. The number of aliphatic hydroxyl groups excluding tert-OH is 1. The van der Waals surface area contributed by atoms with Crippen molar-refractivity contribution in [1.82, 2.24) is 20.2 Å². The predicted octanol–water partition coefficient (Wildman–Crippen LogP) is 1.39. The van der Waals surface area contributed by atoms with Crippen molar-refractivity contribution >= 4 is 23.5 Å². The Morgan fingerprint density at radius 1 is 1.35 bits per heavy atom. The summed E-state index contributed by atoms with van der Waals surface area (Å²) < 4.78 is 4.97. The highest BCUT2D eigenvalue weighted by molar-refractivity contribution is 7.99. The molecule has 2 aromatic heterocycles. The van der Waals surface area contributed by atoms with Crippen molar-refractivity contribution in [1.29, 1.82) is 0 Å². The van der Waals surface area contributed by atoms with Gasteiger partial charge < -0.3 is 14.8 Å². The molecule has 0 aliphatic heterocycles. The third kappa shape index (κ3) is 3.80. The van der Waals surface area contributed by atoms with E-state index >= 15 is 0 Å². The highest BCUT2D eigenvalue weighted by Crippen LogP contribution is 2.22. The van der Waals surface area contributed by atoms with Gasteiger partial charge in [-0.05, 0) is 26.3 Å². The highest BCUT2D eigenvalue weighted by Gasteiger charge is 2.23. The number of carbonyl (C=O) groups is 2. The van der Waals surface area contributed by atoms with Crippen molar-refractivity contribution in [2.75, 3.05) is 12.4 Å². The van der Waals surface area contributed by atoms with E-state index < -0.39 is 5.97 Å². The summed E-state index contributed by atoms with van der Waals surface area (Å²) in [6.07, 6.45) is 0. The Labute approximate surface area is 137 Å². The maximum atomic E-state index is 12.4. The van der Waals surface area contributed by atoms with Crippen LogP contribution in [0.5, 0.6) is 0 Å². The first-order valence-electron chi connectivity index (χ1n) is 7.02. The number of ether oxygens (including phenoxy) is 1. The molecule has 3 N–H and O–H groups in total. The number of hydrogen-bond donors (Lipinski definition) is 3. The Hall–Kier alpha value is -2.13. The van der Waals surface area contributed by atoms with Gasteiger partial charge in [0.05, 0.1) is 12.4 Å². The van der Waals surface area contributed by atoms with Crippen LogP contribution in [0.4, 0.5) is 0 Å². The Morgan fingerprint density at radius 3 is 2.70 bits per heavy atom. The molecule has 2 aromatic rings. The number of aromatic nitrogens is 4. The van der Waals surface area contributed by atoms with Gasteiger partial charge in [0.25, 0.3) is 0 Å². The molecule has 8 nitrogen and oxygen atoms in total. The predicted molar refractivity (Wildman–Crippen MR) is 83.6 cm³/mol. The zero-order chi connectivity index (χ0) is 17.0. The number of aryl methyl sites for hydroxylation is 1. The number of esters is 1. The second-order valence-electron chi connectivity index (χ2n) is 4.78. The molecule has 0 aliphatic carbocycles. The minimum Gasteiger partial charge on any atom is -0.461 e. The molecule has 0 aliphatic rings. The summed E-state index contributed by atoms with van der Waals surface area (Å²) in [5.74, 6) is -0.128. The van der Waals surface area contributed by atoms with Gasteiger partial charge in [0.2, 0.25) is 5.16 Å². The number of hydrogen-bond acceptors (Lipinski definition) is 7. The fraction of sp³-hybridized carbons (Fsp3) is 0.429. The Morgan fingerprint density at radius 2 is 2.09 bits per heavy atom. The Kier molecular flexibility index (Phi) is 5.56. The van der Waals surface area contributed by atoms with Gasteiger partial charge in [0.15, 0.2) is 11.6 Å². The number of aromatic amines is 2. The van der Waals surface area contributed by atoms with E-state index in [-0.39, 0.29) is 24.7 Å². The number of H-pyrrole nitrogens is 2. The molecule has 0 spiro atoms. The second kappa shape index (κ2) is 7.42. The van der Waals surface area contributed by atoms with E-state index in [0.717, 1.165) is 11.8 Å². The number of aliphatic hydroxyl groups is 1. The van der Waals surface area contributed by atoms with Crippen LogP contribution in [0.15, 0.2) is 5.16 Å². The van der Waals surface area contributed by atoms with Crippen LogP contribution in [0.25, 0.3) is 0 Å². The molecule has 2 heterocycles. The van der Waals surface area contributed by atoms with Gasteiger partial charge in [-0.25, -0.2) is 9.78 Å². The molecule has 0 atom stereocenters. The lowest BCUT2D eigenvalue weighted by Crippen LogP contribution is -2.08. The third-order valence-corrected chi connectivity index (χ3v) is 4.04. The number of ketones is 1. The zero-order valence-electron chi connectivity index (χ0n) is 13.1. The lowest BCUT2D eigenvalue weighted by Gasteiger charge is -2.02. The molecule has 9 heteroatoms. The quantitative estimate of drug-likeness (QED) is 0.396. The number of Topliss-reactive ketones (excluding diaryl/α,β-unsaturated/α-hetero) is 1. The van der Waals surface area contributed by atoms with Crippen LogP contribution in [0.1, 0.15) is 44.9 Å². The molecule has 0 amide bonds. The van der Waals surface area contributed by atoms with E-state index in [1.807, 2.05) is 0 Å². The van der Waals surface area contributed by atoms with Gasteiger partial charge in [0.1, 0.15) is 12.3 Å². The van der Waals surface area contributed by atoms with E-state index in [1.54, 1.807) is 20.8 Å². The van der Waals surface area contributed by atoms with Gasteiger partial charge >= 0.3 is 5.97 Å². The maximum Gasteiger partial charge on any atom is 0.355 e. The van der Waals surface area contributed by atoms with Crippen molar-refractivity contribution in [2.45, 2.75) is 32.5 Å². The first kappa shape index (κ1) is 17.2. The van der Waals surface area contributed by atoms with Crippen molar-refractivity contribution in [3.63, 3.8) is 0 Å². The van der Waals surface area contributed by atoms with Gasteiger partial charge in [-0.15, -0.1) is 5.10 Å². The van der Waals surface area contributed by atoms with E-state index in [1.165, 1.54) is 0 Å². The summed E-state index contributed by atoms with van der Waals surface area (Å²) in [5, 5.41) is 15.8. The molecule has 0 aromatic carbocycles. The van der Waals surface area contributed by atoms with Gasteiger partial charge in [-0.2, -0.15) is 0 Å². The third-order valence-electron chi connectivity index (χ3n) is 3.19. The molecule has 124 valence electrons. The van der Waals surface area contributed by atoms with Crippen molar-refractivity contribution in [3.05, 3.63) is 28.3 Å². The molecule has 0 radical (unpaired) electrons. The molecular weight excluding hydrogens is 320 g/mol. The number of carbonyl (C=O) groups excluding carboxylic acids is 2. The van der Waals surface area contributed by atoms with E-state index in [2.05, 4.69) is 20.2 Å². The standard InChI is InChI=1S/C14H18N4O4S/c1-4-22-13(21)12-7(2)11(8(3)15-12)9(20)6-23-14-16-10(5-19)17-18-14/h15,19H,4-6H2,1-3H3,(H,16,17,18). The smallest absolute Gasteiger partial charge is 0.355 e. The van der Waals surface area contributed by atoms with Crippen LogP contribution in [-0.2, 0) is 11.3 Å². The number of nitrogens with one attached hydrogen (secondary N) is 2. The summed E-state index contributed by atoms with van der Waals surface area (Å²) in [4.78, 5) is 31.2. The molecular formula is C14H18N4O4S. The number of rotatable bonds is 7. The van der Waals surface area contributed by atoms with Gasteiger partial charge in [0, 0.05) is 11.3 Å². The molecule has 23 heavy (non-hydrogen) atoms. The van der Waals surface area contributed by atoms with Crippen LogP contribution in [0.2, 0.25) is 0 Å². The topological polar surface area (TPSA) is 121 Å². The molecule has 0 unspecified atom stereocenters. The zero-order valence-corrected chi connectivity index (χ0v) is 13.9. The monoisotopic (exact) mass is 338 g/mol. The Balaban J connectivity index is 2.11. The highest BCUT2D eigenvalue weighted by atomic mass is 32.2. The summed E-state index contributed by atoms with van der Waals surface area (Å²) in [6, 6.07) is 0.